The van der Waals surface area contributed by atoms with E-state index in [0.717, 1.165) is 70.0 Å². The molecule has 50 heavy (non-hydrogen) atoms. The SMILES string of the molecule is CCCCCCCCCCCCCCCCCC(=O)O[Si](CCCCCCS)(OC)OC(=O)CCCCCCCCCCCCCCCCC. The Morgan fingerprint density at radius 2 is 0.660 bits per heavy atom. The van der Waals surface area contributed by atoms with Crippen molar-refractivity contribution in [2.24, 2.45) is 0 Å². The van der Waals surface area contributed by atoms with Crippen molar-refractivity contribution in [3.05, 3.63) is 0 Å². The van der Waals surface area contributed by atoms with Crippen LogP contribution in [0, 0.1) is 0 Å². The van der Waals surface area contributed by atoms with Crippen molar-refractivity contribution in [1.82, 2.24) is 0 Å². The summed E-state index contributed by atoms with van der Waals surface area (Å²) in [6, 6.07) is 0.505. The lowest BCUT2D eigenvalue weighted by Gasteiger charge is -2.27. The second-order valence-electron chi connectivity index (χ2n) is 15.1. The molecule has 0 aromatic carbocycles. The molecule has 0 radical (unpaired) electrons. The Balaban J connectivity index is 4.19. The Labute approximate surface area is 319 Å². The van der Waals surface area contributed by atoms with Crippen molar-refractivity contribution in [1.29, 1.82) is 0 Å². The third-order valence-corrected chi connectivity index (χ3v) is 13.2. The fraction of sp³-hybridized carbons (Fsp3) is 0.953. The Bertz CT molecular complexity index is 673. The summed E-state index contributed by atoms with van der Waals surface area (Å²) in [4.78, 5) is 25.8. The molecule has 0 bridgehead atoms. The molecule has 5 nitrogen and oxygen atoms in total. The van der Waals surface area contributed by atoms with Gasteiger partial charge in [0.2, 0.25) is 0 Å². The lowest BCUT2D eigenvalue weighted by molar-refractivity contribution is -0.145. The molecule has 0 unspecified atom stereocenters. The van der Waals surface area contributed by atoms with E-state index in [0.29, 0.717) is 18.9 Å². The summed E-state index contributed by atoms with van der Waals surface area (Å²) in [6.45, 7) is 4.56. The van der Waals surface area contributed by atoms with Gasteiger partial charge in [-0.3, -0.25) is 9.59 Å². The molecule has 0 atom stereocenters. The third-order valence-electron chi connectivity index (χ3n) is 10.2. The Kier molecular flexibility index (Phi) is 39.2. The fourth-order valence-corrected chi connectivity index (χ4v) is 9.27. The van der Waals surface area contributed by atoms with Gasteiger partial charge in [0.15, 0.2) is 0 Å². The van der Waals surface area contributed by atoms with Crippen LogP contribution in [0.1, 0.15) is 245 Å². The highest BCUT2D eigenvalue weighted by Crippen LogP contribution is 2.23. The smallest absolute Gasteiger partial charge is 0.464 e. The van der Waals surface area contributed by atoms with Crippen molar-refractivity contribution in [3.63, 3.8) is 0 Å². The van der Waals surface area contributed by atoms with E-state index in [2.05, 4.69) is 26.5 Å². The monoisotopic (exact) mass is 743 g/mol. The molecule has 0 saturated heterocycles. The molecule has 0 rings (SSSR count). The van der Waals surface area contributed by atoms with Gasteiger partial charge in [0, 0.05) is 26.0 Å². The Morgan fingerprint density at radius 1 is 0.400 bits per heavy atom. The van der Waals surface area contributed by atoms with Crippen LogP contribution in [0.3, 0.4) is 0 Å². The molecular weight excluding hydrogens is 657 g/mol. The predicted octanol–water partition coefficient (Wildman–Crippen LogP) is 14.7. The lowest BCUT2D eigenvalue weighted by Crippen LogP contribution is -2.48. The first-order valence-electron chi connectivity index (χ1n) is 22.1. The molecule has 0 saturated carbocycles. The second-order valence-corrected chi connectivity index (χ2v) is 18.3. The van der Waals surface area contributed by atoms with Gasteiger partial charge in [0.1, 0.15) is 0 Å². The van der Waals surface area contributed by atoms with Gasteiger partial charge in [-0.2, -0.15) is 12.6 Å². The molecule has 0 aromatic rings. The summed E-state index contributed by atoms with van der Waals surface area (Å²) < 4.78 is 17.6. The summed E-state index contributed by atoms with van der Waals surface area (Å²) in [5.41, 5.74) is 0. The van der Waals surface area contributed by atoms with E-state index >= 15 is 0 Å². The molecule has 0 aliphatic heterocycles. The van der Waals surface area contributed by atoms with Gasteiger partial charge in [0.25, 0.3) is 11.9 Å². The van der Waals surface area contributed by atoms with E-state index in [4.69, 9.17) is 13.3 Å². The largest absolute Gasteiger partial charge is 0.635 e. The Hall–Kier alpha value is -0.533. The highest BCUT2D eigenvalue weighted by atomic mass is 32.1. The summed E-state index contributed by atoms with van der Waals surface area (Å²) in [6.07, 6.45) is 43.4. The van der Waals surface area contributed by atoms with E-state index < -0.39 is 8.80 Å². The molecule has 0 amide bonds. The maximum atomic E-state index is 12.9. The number of carbonyl (C=O) groups is 2. The summed E-state index contributed by atoms with van der Waals surface area (Å²) in [5, 5.41) is 0. The van der Waals surface area contributed by atoms with E-state index in [1.54, 1.807) is 7.11 Å². The first-order chi connectivity index (χ1) is 24.5. The van der Waals surface area contributed by atoms with E-state index in [1.165, 1.54) is 154 Å². The molecule has 0 heterocycles. The van der Waals surface area contributed by atoms with E-state index in [9.17, 15) is 9.59 Å². The van der Waals surface area contributed by atoms with Crippen molar-refractivity contribution < 1.29 is 22.9 Å². The molecule has 0 spiro atoms. The first kappa shape index (κ1) is 49.5. The van der Waals surface area contributed by atoms with Crippen molar-refractivity contribution in [2.75, 3.05) is 12.9 Å². The van der Waals surface area contributed by atoms with Gasteiger partial charge in [-0.05, 0) is 31.4 Å². The maximum absolute atomic E-state index is 12.9. The number of thiol groups is 1. The van der Waals surface area contributed by atoms with Crippen molar-refractivity contribution >= 4 is 33.4 Å². The van der Waals surface area contributed by atoms with Crippen LogP contribution in [-0.4, -0.2) is 33.6 Å². The lowest BCUT2D eigenvalue weighted by atomic mass is 10.0. The van der Waals surface area contributed by atoms with Crippen LogP contribution in [0.2, 0.25) is 6.04 Å². The quantitative estimate of drug-likeness (QED) is 0.0384. The van der Waals surface area contributed by atoms with E-state index in [-0.39, 0.29) is 11.9 Å². The zero-order valence-corrected chi connectivity index (χ0v) is 35.8. The number of carbonyl (C=O) groups excluding carboxylic acids is 2. The minimum atomic E-state index is -3.39. The summed E-state index contributed by atoms with van der Waals surface area (Å²) in [5.74, 6) is 0.321. The first-order valence-corrected chi connectivity index (χ1v) is 24.7. The average molecular weight is 743 g/mol. The minimum Gasteiger partial charge on any atom is -0.464 e. The van der Waals surface area contributed by atoms with Gasteiger partial charge in [-0.1, -0.05) is 206 Å². The molecule has 0 N–H and O–H groups in total. The van der Waals surface area contributed by atoms with Crippen LogP contribution in [0.5, 0.6) is 0 Å². The van der Waals surface area contributed by atoms with Crippen molar-refractivity contribution in [3.8, 4) is 0 Å². The highest BCUT2D eigenvalue weighted by molar-refractivity contribution is 7.80. The zero-order valence-electron chi connectivity index (χ0n) is 33.9. The van der Waals surface area contributed by atoms with Crippen LogP contribution in [0.4, 0.5) is 0 Å². The molecule has 0 aromatic heterocycles. The van der Waals surface area contributed by atoms with Crippen LogP contribution in [-0.2, 0) is 22.9 Å². The second kappa shape index (κ2) is 39.7. The Morgan fingerprint density at radius 3 is 0.940 bits per heavy atom. The predicted molar refractivity (Wildman–Crippen MR) is 221 cm³/mol. The van der Waals surface area contributed by atoms with Gasteiger partial charge in [0.05, 0.1) is 0 Å². The minimum absolute atomic E-state index is 0.275. The van der Waals surface area contributed by atoms with Crippen LogP contribution in [0.25, 0.3) is 0 Å². The number of rotatable bonds is 41. The topological polar surface area (TPSA) is 61.8 Å². The van der Waals surface area contributed by atoms with Crippen LogP contribution in [0.15, 0.2) is 0 Å². The molecule has 0 aliphatic carbocycles. The third kappa shape index (κ3) is 34.5. The molecular formula is C43H86O5SSi. The maximum Gasteiger partial charge on any atom is 0.635 e. The molecule has 0 fully saturated rings. The highest BCUT2D eigenvalue weighted by Gasteiger charge is 2.47. The number of hydrogen-bond donors (Lipinski definition) is 1. The van der Waals surface area contributed by atoms with Gasteiger partial charge in [-0.25, -0.2) is 0 Å². The molecule has 0 aliphatic rings. The number of unbranched alkanes of at least 4 members (excludes halogenated alkanes) is 31. The molecule has 298 valence electrons. The number of hydrogen-bond acceptors (Lipinski definition) is 6. The normalized spacial score (nSPS) is 11.7. The fourth-order valence-electron chi connectivity index (χ4n) is 6.85. The summed E-state index contributed by atoms with van der Waals surface area (Å²) in [7, 11) is -1.85. The van der Waals surface area contributed by atoms with Gasteiger partial charge in [-0.15, -0.1) is 0 Å². The zero-order chi connectivity index (χ0) is 36.6. The van der Waals surface area contributed by atoms with Crippen LogP contribution < -0.4 is 0 Å². The van der Waals surface area contributed by atoms with E-state index in [1.807, 2.05) is 0 Å². The van der Waals surface area contributed by atoms with Gasteiger partial charge < -0.3 is 13.3 Å². The summed E-state index contributed by atoms with van der Waals surface area (Å²) >= 11 is 4.31. The van der Waals surface area contributed by atoms with Crippen LogP contribution >= 0.6 is 12.6 Å². The average Bonchev–Trinajstić information content (AvgIpc) is 3.11. The molecule has 7 heteroatoms. The van der Waals surface area contributed by atoms with Crippen molar-refractivity contribution in [2.45, 2.75) is 251 Å². The standard InChI is InChI=1S/C43H86O5SSi/c1-4-6-8-10-12-14-16-18-20-22-24-26-28-30-34-38-42(44)47-50(46-3,41-37-33-32-36-40-49)48-43(45)39-35-31-29-27-25-23-21-19-17-15-13-11-9-7-5-2/h49H,4-41H2,1-3H3. The van der Waals surface area contributed by atoms with Gasteiger partial charge >= 0.3 is 8.80 Å².